The molecule has 1 unspecified atom stereocenters. The molecular formula is C22H32O4SSi. The van der Waals surface area contributed by atoms with Crippen LogP contribution in [0.2, 0.25) is 18.1 Å². The van der Waals surface area contributed by atoms with Crippen molar-refractivity contribution in [2.75, 3.05) is 26.6 Å². The molecular weight excluding hydrogens is 388 g/mol. The summed E-state index contributed by atoms with van der Waals surface area (Å²) < 4.78 is 29.3. The zero-order chi connectivity index (χ0) is 20.9. The molecule has 0 aliphatic heterocycles. The molecule has 0 fully saturated rings. The minimum Gasteiger partial charge on any atom is -0.497 e. The van der Waals surface area contributed by atoms with Gasteiger partial charge in [-0.2, -0.15) is 0 Å². The van der Waals surface area contributed by atoms with Crippen molar-refractivity contribution in [1.29, 1.82) is 0 Å². The number of benzene rings is 2. The Morgan fingerprint density at radius 2 is 1.64 bits per heavy atom. The first kappa shape index (κ1) is 22.7. The summed E-state index contributed by atoms with van der Waals surface area (Å²) in [5, 5.41) is 0.180. The van der Waals surface area contributed by atoms with Gasteiger partial charge in [0.05, 0.1) is 13.7 Å². The Hall–Kier alpha value is -1.63. The van der Waals surface area contributed by atoms with E-state index in [1.54, 1.807) is 13.4 Å². The molecule has 0 aromatic heterocycles. The molecule has 0 aliphatic rings. The Morgan fingerprint density at radius 1 is 1.00 bits per heavy atom. The molecule has 4 nitrogen and oxygen atoms in total. The van der Waals surface area contributed by atoms with Crippen molar-refractivity contribution >= 4 is 19.1 Å². The summed E-state index contributed by atoms with van der Waals surface area (Å²) in [5.41, 5.74) is 1.94. The molecule has 0 heterocycles. The second-order valence-corrected chi connectivity index (χ2v) is 14.5. The van der Waals surface area contributed by atoms with Gasteiger partial charge in [-0.25, -0.2) is 0 Å². The topological polar surface area (TPSA) is 44.8 Å². The first-order chi connectivity index (χ1) is 13.0. The highest BCUT2D eigenvalue weighted by Gasteiger charge is 2.36. The third kappa shape index (κ3) is 5.69. The molecule has 0 aliphatic carbocycles. The number of rotatable bonds is 8. The van der Waals surface area contributed by atoms with E-state index in [-0.39, 0.29) is 5.04 Å². The molecule has 1 atom stereocenters. The lowest BCUT2D eigenvalue weighted by molar-refractivity contribution is 0.204. The number of hydrogen-bond donors (Lipinski definition) is 0. The van der Waals surface area contributed by atoms with Gasteiger partial charge < -0.3 is 13.9 Å². The van der Waals surface area contributed by atoms with Gasteiger partial charge >= 0.3 is 0 Å². The van der Waals surface area contributed by atoms with E-state index in [0.717, 1.165) is 27.5 Å². The molecule has 0 radical (unpaired) electrons. The quantitative estimate of drug-likeness (QED) is 0.418. The van der Waals surface area contributed by atoms with E-state index in [0.29, 0.717) is 13.2 Å². The van der Waals surface area contributed by atoms with E-state index in [9.17, 15) is 4.21 Å². The second-order valence-electron chi connectivity index (χ2n) is 8.30. The van der Waals surface area contributed by atoms with Gasteiger partial charge in [0.25, 0.3) is 0 Å². The Balaban J connectivity index is 2.15. The smallest absolute Gasteiger partial charge is 0.192 e. The second kappa shape index (κ2) is 9.24. The minimum absolute atomic E-state index is 0.180. The third-order valence-corrected chi connectivity index (χ3v) is 10.8. The Bertz CT molecular complexity index is 810. The lowest BCUT2D eigenvalue weighted by Gasteiger charge is -2.36. The monoisotopic (exact) mass is 420 g/mol. The molecule has 2 aromatic carbocycles. The van der Waals surface area contributed by atoms with E-state index in [2.05, 4.69) is 33.9 Å². The van der Waals surface area contributed by atoms with Crippen LogP contribution in [-0.4, -0.2) is 39.1 Å². The Kier molecular flexibility index (Phi) is 7.48. The summed E-state index contributed by atoms with van der Waals surface area (Å²) in [5.74, 6) is 1.55. The molecule has 2 aromatic rings. The maximum absolute atomic E-state index is 11.6. The molecule has 2 rings (SSSR count). The Labute approximate surface area is 172 Å². The average Bonchev–Trinajstić information content (AvgIpc) is 2.64. The van der Waals surface area contributed by atoms with Crippen LogP contribution in [0, 0.1) is 0 Å². The van der Waals surface area contributed by atoms with E-state index >= 15 is 0 Å². The highest BCUT2D eigenvalue weighted by atomic mass is 32.2. The predicted molar refractivity (Wildman–Crippen MR) is 119 cm³/mol. The fraction of sp³-hybridized carbons (Fsp3) is 0.455. The van der Waals surface area contributed by atoms with Gasteiger partial charge in [0.1, 0.15) is 18.1 Å². The highest BCUT2D eigenvalue weighted by Crippen LogP contribution is 2.37. The zero-order valence-electron chi connectivity index (χ0n) is 18.0. The molecule has 0 bridgehead atoms. The molecule has 28 heavy (non-hydrogen) atoms. The van der Waals surface area contributed by atoms with Gasteiger partial charge in [-0.3, -0.25) is 4.21 Å². The fourth-order valence-corrected chi connectivity index (χ4v) is 4.02. The zero-order valence-corrected chi connectivity index (χ0v) is 19.8. The summed E-state index contributed by atoms with van der Waals surface area (Å²) in [4.78, 5) is 0.803. The molecule has 0 saturated carbocycles. The Morgan fingerprint density at radius 3 is 2.18 bits per heavy atom. The molecule has 0 amide bonds. The average molecular weight is 421 g/mol. The lowest BCUT2D eigenvalue weighted by Crippen LogP contribution is -2.41. The van der Waals surface area contributed by atoms with Crippen molar-refractivity contribution in [2.24, 2.45) is 0 Å². The van der Waals surface area contributed by atoms with Gasteiger partial charge in [0.2, 0.25) is 0 Å². The van der Waals surface area contributed by atoms with Gasteiger partial charge in [-0.15, -0.1) is 0 Å². The van der Waals surface area contributed by atoms with E-state index in [4.69, 9.17) is 13.9 Å². The van der Waals surface area contributed by atoms with Crippen LogP contribution in [-0.2, 0) is 15.2 Å². The van der Waals surface area contributed by atoms with Crippen molar-refractivity contribution < 1.29 is 18.1 Å². The van der Waals surface area contributed by atoms with Crippen molar-refractivity contribution in [2.45, 2.75) is 43.8 Å². The summed E-state index contributed by atoms with van der Waals surface area (Å²) >= 11 is 0. The number of hydrogen-bond acceptors (Lipinski definition) is 4. The van der Waals surface area contributed by atoms with Crippen molar-refractivity contribution in [3.8, 4) is 22.6 Å². The largest absolute Gasteiger partial charge is 0.497 e. The molecule has 154 valence electrons. The van der Waals surface area contributed by atoms with Crippen molar-refractivity contribution in [3.63, 3.8) is 0 Å². The van der Waals surface area contributed by atoms with E-state index in [1.165, 1.54) is 0 Å². The maximum Gasteiger partial charge on any atom is 0.192 e. The van der Waals surface area contributed by atoms with E-state index in [1.807, 2.05) is 42.5 Å². The number of methoxy groups -OCH3 is 1. The summed E-state index contributed by atoms with van der Waals surface area (Å²) in [6.07, 6.45) is 1.68. The predicted octanol–water partition coefficient (Wildman–Crippen LogP) is 5.50. The molecule has 6 heteroatoms. The lowest BCUT2D eigenvalue weighted by atomic mass is 10.0. The highest BCUT2D eigenvalue weighted by molar-refractivity contribution is 7.84. The summed E-state index contributed by atoms with van der Waals surface area (Å²) in [6.45, 7) is 12.2. The van der Waals surface area contributed by atoms with Crippen LogP contribution < -0.4 is 9.47 Å². The first-order valence-electron chi connectivity index (χ1n) is 9.44. The van der Waals surface area contributed by atoms with Crippen LogP contribution in [0.5, 0.6) is 11.5 Å². The van der Waals surface area contributed by atoms with Gasteiger partial charge in [0, 0.05) is 27.5 Å². The summed E-state index contributed by atoms with van der Waals surface area (Å²) in [7, 11) is -1.13. The van der Waals surface area contributed by atoms with Gasteiger partial charge in [-0.1, -0.05) is 32.9 Å². The molecule has 0 saturated heterocycles. The van der Waals surface area contributed by atoms with E-state index < -0.39 is 19.1 Å². The summed E-state index contributed by atoms with van der Waals surface area (Å²) in [6, 6.07) is 13.5. The van der Waals surface area contributed by atoms with Crippen LogP contribution in [0.25, 0.3) is 11.1 Å². The third-order valence-electron chi connectivity index (χ3n) is 5.29. The normalized spacial score (nSPS) is 13.2. The van der Waals surface area contributed by atoms with Crippen LogP contribution in [0.15, 0.2) is 47.4 Å². The van der Waals surface area contributed by atoms with Gasteiger partial charge in [-0.05, 0) is 54.0 Å². The molecule has 0 N–H and O–H groups in total. The maximum atomic E-state index is 11.6. The van der Waals surface area contributed by atoms with Crippen molar-refractivity contribution in [1.82, 2.24) is 0 Å². The SMILES string of the molecule is COc1ccc(OCCO[Si](C)(C)C(C)(C)C)c(-c2ccc(S(C)=O)cc2)c1. The van der Waals surface area contributed by atoms with Crippen LogP contribution in [0.1, 0.15) is 20.8 Å². The fourth-order valence-electron chi connectivity index (χ4n) is 2.48. The van der Waals surface area contributed by atoms with Crippen LogP contribution in [0.3, 0.4) is 0 Å². The standard InChI is InChI=1S/C22H32O4SSi/c1-22(2,3)28(6,7)26-15-14-25-21-13-10-18(24-4)16-20(21)17-8-11-19(12-9-17)27(5)23/h8-13,16H,14-15H2,1-7H3. The number of ether oxygens (including phenoxy) is 2. The van der Waals surface area contributed by atoms with Crippen LogP contribution >= 0.6 is 0 Å². The first-order valence-corrected chi connectivity index (χ1v) is 13.9. The molecule has 0 spiro atoms. The minimum atomic E-state index is -1.78. The van der Waals surface area contributed by atoms with Crippen LogP contribution in [0.4, 0.5) is 0 Å². The van der Waals surface area contributed by atoms with Crippen molar-refractivity contribution in [3.05, 3.63) is 42.5 Å². The van der Waals surface area contributed by atoms with Gasteiger partial charge in [0.15, 0.2) is 8.32 Å².